The highest BCUT2D eigenvalue weighted by atomic mass is 15.0. The van der Waals surface area contributed by atoms with Crippen LogP contribution in [-0.4, -0.2) is 19.1 Å². The lowest BCUT2D eigenvalue weighted by atomic mass is 10.0. The number of benzene rings is 9. The number of hydrogen-bond acceptors (Lipinski definition) is 2. The Hall–Kier alpha value is -8.34. The third-order valence-corrected chi connectivity index (χ3v) is 12.1. The predicted octanol–water partition coefficient (Wildman–Crippen LogP) is 15.0. The number of nitrogens with zero attached hydrogens (tertiary/aromatic N) is 4. The highest BCUT2D eigenvalue weighted by Crippen LogP contribution is 2.38. The van der Waals surface area contributed by atoms with Gasteiger partial charge in [0.05, 0.1) is 33.5 Å². The van der Waals surface area contributed by atoms with Crippen molar-refractivity contribution in [3.05, 3.63) is 231 Å². The Bertz CT molecular complexity index is 3510. The second kappa shape index (κ2) is 14.7. The summed E-state index contributed by atoms with van der Waals surface area (Å²) in [5.74, 6) is 0.699. The molecule has 4 heteroatoms. The van der Waals surface area contributed by atoms with Gasteiger partial charge in [-0.2, -0.15) is 0 Å². The molecule has 4 nitrogen and oxygen atoms in total. The van der Waals surface area contributed by atoms with E-state index in [4.69, 9.17) is 9.97 Å². The van der Waals surface area contributed by atoms with Crippen molar-refractivity contribution in [2.24, 2.45) is 0 Å². The minimum Gasteiger partial charge on any atom is -0.309 e. The van der Waals surface area contributed by atoms with Gasteiger partial charge in [-0.25, -0.2) is 9.97 Å². The van der Waals surface area contributed by atoms with Crippen LogP contribution in [-0.2, 0) is 0 Å². The molecule has 12 aromatic rings. The summed E-state index contributed by atoms with van der Waals surface area (Å²) in [5, 5.41) is 4.99. The van der Waals surface area contributed by atoms with Crippen LogP contribution in [0.2, 0.25) is 0 Å². The molecule has 0 aliphatic heterocycles. The first kappa shape index (κ1) is 35.6. The summed E-state index contributed by atoms with van der Waals surface area (Å²) in [6, 6.07) is 82.2. The first-order valence-corrected chi connectivity index (χ1v) is 21.1. The number of hydrogen-bond donors (Lipinski definition) is 0. The molecular formula is C58H38N4. The second-order valence-electron chi connectivity index (χ2n) is 15.8. The standard InChI is InChI=1S/C58H38N4/c1-3-15-40(16-4-1)52-38-53(41-17-5-2-6-18-41)60-58(59-52)45-21-13-19-42(35-45)39-29-32-46(33-30-39)61-54-26-10-9-25-50(54)51-34-31-44(37-57(51)61)43-20-14-22-47(36-43)62-55-27-11-7-23-48(55)49-24-8-12-28-56(49)62/h1-38H. The van der Waals surface area contributed by atoms with Gasteiger partial charge in [-0.1, -0.05) is 170 Å². The SMILES string of the molecule is c1ccc(-c2cc(-c3ccccc3)nc(-c3cccc(-c4ccc(-n5c6ccccc6c6ccc(-c7cccc(-n8c9ccccc9c9ccccc98)c7)cc65)cc4)c3)n2)cc1. The van der Waals surface area contributed by atoms with Crippen molar-refractivity contribution in [3.8, 4) is 67.5 Å². The van der Waals surface area contributed by atoms with Crippen molar-refractivity contribution in [2.45, 2.75) is 0 Å². The van der Waals surface area contributed by atoms with Crippen LogP contribution in [0.25, 0.3) is 111 Å². The molecule has 0 spiro atoms. The molecule has 0 amide bonds. The average Bonchev–Trinajstić information content (AvgIpc) is 3.87. The topological polar surface area (TPSA) is 35.6 Å². The monoisotopic (exact) mass is 790 g/mol. The van der Waals surface area contributed by atoms with Crippen molar-refractivity contribution >= 4 is 43.6 Å². The summed E-state index contributed by atoms with van der Waals surface area (Å²) in [6.07, 6.45) is 0. The molecule has 0 fully saturated rings. The van der Waals surface area contributed by atoms with Crippen LogP contribution in [0.4, 0.5) is 0 Å². The molecule has 62 heavy (non-hydrogen) atoms. The smallest absolute Gasteiger partial charge is 0.160 e. The maximum absolute atomic E-state index is 5.09. The third kappa shape index (κ3) is 6.08. The maximum Gasteiger partial charge on any atom is 0.160 e. The van der Waals surface area contributed by atoms with Crippen LogP contribution < -0.4 is 0 Å². The molecule has 0 unspecified atom stereocenters. The minimum absolute atomic E-state index is 0.699. The second-order valence-corrected chi connectivity index (χ2v) is 15.8. The van der Waals surface area contributed by atoms with E-state index >= 15 is 0 Å². The highest BCUT2D eigenvalue weighted by Gasteiger charge is 2.17. The lowest BCUT2D eigenvalue weighted by molar-refractivity contribution is 1.18. The molecular weight excluding hydrogens is 753 g/mol. The van der Waals surface area contributed by atoms with Crippen LogP contribution in [0.5, 0.6) is 0 Å². The van der Waals surface area contributed by atoms with Crippen molar-refractivity contribution in [3.63, 3.8) is 0 Å². The van der Waals surface area contributed by atoms with E-state index in [2.05, 4.69) is 228 Å². The lowest BCUT2D eigenvalue weighted by Crippen LogP contribution is -1.96. The Morgan fingerprint density at radius 3 is 1.27 bits per heavy atom. The van der Waals surface area contributed by atoms with Crippen LogP contribution in [0.3, 0.4) is 0 Å². The van der Waals surface area contributed by atoms with Gasteiger partial charge in [0.2, 0.25) is 0 Å². The average molecular weight is 791 g/mol. The Morgan fingerprint density at radius 2 is 0.677 bits per heavy atom. The fraction of sp³-hybridized carbons (Fsp3) is 0. The summed E-state index contributed by atoms with van der Waals surface area (Å²) in [5.41, 5.74) is 16.5. The van der Waals surface area contributed by atoms with Crippen LogP contribution in [0, 0.1) is 0 Å². The van der Waals surface area contributed by atoms with Crippen LogP contribution >= 0.6 is 0 Å². The van der Waals surface area contributed by atoms with Gasteiger partial charge in [0.15, 0.2) is 5.82 Å². The van der Waals surface area contributed by atoms with Gasteiger partial charge in [-0.3, -0.25) is 0 Å². The third-order valence-electron chi connectivity index (χ3n) is 12.1. The minimum atomic E-state index is 0.699. The highest BCUT2D eigenvalue weighted by molar-refractivity contribution is 6.11. The molecule has 12 rings (SSSR count). The molecule has 0 saturated carbocycles. The zero-order valence-electron chi connectivity index (χ0n) is 33.7. The summed E-state index contributed by atoms with van der Waals surface area (Å²) in [7, 11) is 0. The van der Waals surface area contributed by atoms with Crippen molar-refractivity contribution in [2.75, 3.05) is 0 Å². The van der Waals surface area contributed by atoms with Gasteiger partial charge in [-0.05, 0) is 82.9 Å². The number of para-hydroxylation sites is 3. The molecule has 3 heterocycles. The first-order valence-electron chi connectivity index (χ1n) is 21.1. The van der Waals surface area contributed by atoms with E-state index in [1.807, 2.05) is 12.1 Å². The van der Waals surface area contributed by atoms with E-state index in [1.54, 1.807) is 0 Å². The maximum atomic E-state index is 5.09. The van der Waals surface area contributed by atoms with E-state index < -0.39 is 0 Å². The van der Waals surface area contributed by atoms with Gasteiger partial charge in [0.25, 0.3) is 0 Å². The fourth-order valence-corrected chi connectivity index (χ4v) is 9.18. The molecule has 0 N–H and O–H groups in total. The molecule has 0 atom stereocenters. The molecule has 0 radical (unpaired) electrons. The number of aromatic nitrogens is 4. The van der Waals surface area contributed by atoms with Crippen molar-refractivity contribution in [1.82, 2.24) is 19.1 Å². The van der Waals surface area contributed by atoms with Gasteiger partial charge in [-0.15, -0.1) is 0 Å². The van der Waals surface area contributed by atoms with Gasteiger partial charge >= 0.3 is 0 Å². The van der Waals surface area contributed by atoms with Gasteiger partial charge < -0.3 is 9.13 Å². The molecule has 0 saturated heterocycles. The van der Waals surface area contributed by atoms with E-state index in [0.717, 1.165) is 50.6 Å². The number of rotatable bonds is 7. The summed E-state index contributed by atoms with van der Waals surface area (Å²) >= 11 is 0. The first-order chi connectivity index (χ1) is 30.7. The Morgan fingerprint density at radius 1 is 0.242 bits per heavy atom. The molecule has 290 valence electrons. The Kier molecular flexibility index (Phi) is 8.46. The van der Waals surface area contributed by atoms with E-state index in [9.17, 15) is 0 Å². The quantitative estimate of drug-likeness (QED) is 0.161. The number of fused-ring (bicyclic) bond motifs is 6. The van der Waals surface area contributed by atoms with Gasteiger partial charge in [0, 0.05) is 49.6 Å². The van der Waals surface area contributed by atoms with Crippen molar-refractivity contribution in [1.29, 1.82) is 0 Å². The van der Waals surface area contributed by atoms with E-state index in [-0.39, 0.29) is 0 Å². The van der Waals surface area contributed by atoms with Crippen LogP contribution in [0.15, 0.2) is 231 Å². The summed E-state index contributed by atoms with van der Waals surface area (Å²) < 4.78 is 4.79. The lowest BCUT2D eigenvalue weighted by Gasteiger charge is -2.12. The zero-order valence-corrected chi connectivity index (χ0v) is 33.7. The largest absolute Gasteiger partial charge is 0.309 e. The molecule has 3 aromatic heterocycles. The molecule has 0 aliphatic carbocycles. The zero-order chi connectivity index (χ0) is 41.0. The Balaban J connectivity index is 0.926. The fourth-order valence-electron chi connectivity index (χ4n) is 9.18. The summed E-state index contributed by atoms with van der Waals surface area (Å²) in [4.78, 5) is 10.2. The van der Waals surface area contributed by atoms with Gasteiger partial charge in [0.1, 0.15) is 0 Å². The van der Waals surface area contributed by atoms with E-state index in [0.29, 0.717) is 5.82 Å². The Labute approximate surface area is 359 Å². The van der Waals surface area contributed by atoms with E-state index in [1.165, 1.54) is 54.7 Å². The van der Waals surface area contributed by atoms with Crippen molar-refractivity contribution < 1.29 is 0 Å². The molecule has 9 aromatic carbocycles. The van der Waals surface area contributed by atoms with Crippen LogP contribution in [0.1, 0.15) is 0 Å². The summed E-state index contributed by atoms with van der Waals surface area (Å²) in [6.45, 7) is 0. The normalized spacial score (nSPS) is 11.5. The molecule has 0 bridgehead atoms. The predicted molar refractivity (Wildman–Crippen MR) is 258 cm³/mol. The molecule has 0 aliphatic rings.